The van der Waals surface area contributed by atoms with Gasteiger partial charge in [-0.05, 0) is 37.1 Å². The lowest BCUT2D eigenvalue weighted by atomic mass is 10.2. The number of urea groups is 1. The van der Waals surface area contributed by atoms with Gasteiger partial charge < -0.3 is 10.4 Å². The number of hydrogen-bond acceptors (Lipinski definition) is 4. The van der Waals surface area contributed by atoms with Gasteiger partial charge in [0, 0.05) is 10.9 Å². The van der Waals surface area contributed by atoms with Crippen molar-refractivity contribution in [2.24, 2.45) is 0 Å². The van der Waals surface area contributed by atoms with Crippen LogP contribution in [0.3, 0.4) is 0 Å². The highest BCUT2D eigenvalue weighted by Gasteiger charge is 2.18. The number of benzene rings is 1. The highest BCUT2D eigenvalue weighted by Crippen LogP contribution is 2.20. The van der Waals surface area contributed by atoms with E-state index in [2.05, 4.69) is 10.6 Å². The lowest BCUT2D eigenvalue weighted by Gasteiger charge is -2.12. The number of rotatable bonds is 4. The molecule has 1 aliphatic carbocycles. The number of nitrogens with one attached hydrogen (secondary N) is 2. The minimum Gasteiger partial charge on any atom is -0.508 e. The van der Waals surface area contributed by atoms with E-state index in [9.17, 15) is 9.59 Å². The molecule has 0 aliphatic heterocycles. The molecular formula is C14H18N2O3S. The van der Waals surface area contributed by atoms with Gasteiger partial charge in [0.1, 0.15) is 5.75 Å². The van der Waals surface area contributed by atoms with E-state index in [0.717, 1.165) is 30.6 Å². The molecule has 0 unspecified atom stereocenters. The number of thioether (sulfide) groups is 1. The molecule has 0 atom stereocenters. The Morgan fingerprint density at radius 2 is 1.85 bits per heavy atom. The predicted molar refractivity (Wildman–Crippen MR) is 77.8 cm³/mol. The third kappa shape index (κ3) is 4.77. The van der Waals surface area contributed by atoms with E-state index in [1.54, 1.807) is 24.3 Å². The van der Waals surface area contributed by atoms with E-state index in [4.69, 9.17) is 5.11 Å². The molecule has 0 radical (unpaired) electrons. The Balaban J connectivity index is 1.69. The molecule has 3 amide bonds. The molecule has 0 heterocycles. The van der Waals surface area contributed by atoms with Crippen molar-refractivity contribution < 1.29 is 14.7 Å². The molecule has 1 fully saturated rings. The van der Waals surface area contributed by atoms with Crippen LogP contribution in [0.1, 0.15) is 25.7 Å². The number of carbonyl (C=O) groups is 2. The van der Waals surface area contributed by atoms with Crippen LogP contribution in [0.15, 0.2) is 29.2 Å². The summed E-state index contributed by atoms with van der Waals surface area (Å²) in [6, 6.07) is 6.37. The van der Waals surface area contributed by atoms with Crippen LogP contribution in [0.2, 0.25) is 0 Å². The lowest BCUT2D eigenvalue weighted by molar-refractivity contribution is -0.117. The van der Waals surface area contributed by atoms with Crippen molar-refractivity contribution in [3.05, 3.63) is 24.3 Å². The molecule has 3 N–H and O–H groups in total. The molecule has 5 nitrogen and oxygen atoms in total. The zero-order valence-corrected chi connectivity index (χ0v) is 11.9. The van der Waals surface area contributed by atoms with Gasteiger partial charge in [0.15, 0.2) is 0 Å². The normalized spacial score (nSPS) is 15.0. The summed E-state index contributed by atoms with van der Waals surface area (Å²) in [6.45, 7) is 0. The monoisotopic (exact) mass is 294 g/mol. The fraction of sp³-hybridized carbons (Fsp3) is 0.429. The summed E-state index contributed by atoms with van der Waals surface area (Å²) < 4.78 is 0. The summed E-state index contributed by atoms with van der Waals surface area (Å²) in [7, 11) is 0. The second kappa shape index (κ2) is 7.19. The number of carbonyl (C=O) groups excluding carboxylic acids is 2. The van der Waals surface area contributed by atoms with Gasteiger partial charge in [-0.1, -0.05) is 12.8 Å². The molecule has 0 aromatic heterocycles. The number of amides is 3. The molecule has 1 aromatic carbocycles. The first kappa shape index (κ1) is 14.7. The topological polar surface area (TPSA) is 78.4 Å². The quantitative estimate of drug-likeness (QED) is 0.744. The first-order valence-corrected chi connectivity index (χ1v) is 7.64. The number of hydrogen-bond donors (Lipinski definition) is 3. The maximum Gasteiger partial charge on any atom is 0.321 e. The molecular weight excluding hydrogens is 276 g/mol. The van der Waals surface area contributed by atoms with Gasteiger partial charge in [-0.25, -0.2) is 4.79 Å². The van der Waals surface area contributed by atoms with Crippen molar-refractivity contribution in [2.45, 2.75) is 36.6 Å². The zero-order valence-electron chi connectivity index (χ0n) is 11.1. The van der Waals surface area contributed by atoms with Gasteiger partial charge >= 0.3 is 6.03 Å². The van der Waals surface area contributed by atoms with Crippen molar-refractivity contribution in [1.82, 2.24) is 10.6 Å². The Labute approximate surface area is 122 Å². The van der Waals surface area contributed by atoms with E-state index in [1.807, 2.05) is 0 Å². The second-order valence-electron chi connectivity index (χ2n) is 4.79. The summed E-state index contributed by atoms with van der Waals surface area (Å²) in [5.41, 5.74) is 0. The molecule has 1 aliphatic rings. The van der Waals surface area contributed by atoms with Crippen molar-refractivity contribution in [3.63, 3.8) is 0 Å². The number of imide groups is 1. The Morgan fingerprint density at radius 1 is 1.20 bits per heavy atom. The highest BCUT2D eigenvalue weighted by atomic mass is 32.2. The Morgan fingerprint density at radius 3 is 2.50 bits per heavy atom. The van der Waals surface area contributed by atoms with Gasteiger partial charge in [-0.15, -0.1) is 11.8 Å². The van der Waals surface area contributed by atoms with E-state index in [1.165, 1.54) is 11.8 Å². The molecule has 0 saturated heterocycles. The highest BCUT2D eigenvalue weighted by molar-refractivity contribution is 8.00. The maximum absolute atomic E-state index is 11.6. The van der Waals surface area contributed by atoms with Crippen LogP contribution in [0.5, 0.6) is 5.75 Å². The number of aromatic hydroxyl groups is 1. The van der Waals surface area contributed by atoms with Crippen LogP contribution < -0.4 is 10.6 Å². The largest absolute Gasteiger partial charge is 0.508 e. The van der Waals surface area contributed by atoms with Gasteiger partial charge in [0.05, 0.1) is 5.75 Å². The second-order valence-corrected chi connectivity index (χ2v) is 5.83. The first-order chi connectivity index (χ1) is 9.63. The van der Waals surface area contributed by atoms with Crippen molar-refractivity contribution >= 4 is 23.7 Å². The van der Waals surface area contributed by atoms with Crippen molar-refractivity contribution in [2.75, 3.05) is 5.75 Å². The molecule has 1 saturated carbocycles. The van der Waals surface area contributed by atoms with E-state index in [-0.39, 0.29) is 23.5 Å². The first-order valence-electron chi connectivity index (χ1n) is 6.65. The van der Waals surface area contributed by atoms with E-state index >= 15 is 0 Å². The zero-order chi connectivity index (χ0) is 14.4. The summed E-state index contributed by atoms with van der Waals surface area (Å²) in [4.78, 5) is 24.1. The van der Waals surface area contributed by atoms with Crippen LogP contribution in [0.4, 0.5) is 4.79 Å². The van der Waals surface area contributed by atoms with Crippen LogP contribution in [-0.4, -0.2) is 28.8 Å². The third-order valence-corrected chi connectivity index (χ3v) is 4.16. The van der Waals surface area contributed by atoms with Crippen molar-refractivity contribution in [1.29, 1.82) is 0 Å². The Bertz CT molecular complexity index is 470. The fourth-order valence-corrected chi connectivity index (χ4v) is 2.84. The lowest BCUT2D eigenvalue weighted by Crippen LogP contribution is -2.44. The third-order valence-electron chi connectivity index (χ3n) is 3.15. The SMILES string of the molecule is O=C(CSc1ccc(O)cc1)NC(=O)NC1CCCC1. The van der Waals surface area contributed by atoms with Gasteiger partial charge in [-0.2, -0.15) is 0 Å². The van der Waals surface area contributed by atoms with Gasteiger partial charge in [-0.3, -0.25) is 10.1 Å². The minimum atomic E-state index is -0.409. The molecule has 0 bridgehead atoms. The van der Waals surface area contributed by atoms with E-state index < -0.39 is 6.03 Å². The number of phenolic OH excluding ortho intramolecular Hbond substituents is 1. The number of phenols is 1. The summed E-state index contributed by atoms with van der Waals surface area (Å²) >= 11 is 1.32. The van der Waals surface area contributed by atoms with Crippen molar-refractivity contribution in [3.8, 4) is 5.75 Å². The average Bonchev–Trinajstić information content (AvgIpc) is 2.90. The van der Waals surface area contributed by atoms with Crippen LogP contribution in [0, 0.1) is 0 Å². The van der Waals surface area contributed by atoms with Crippen LogP contribution in [0.25, 0.3) is 0 Å². The maximum atomic E-state index is 11.6. The van der Waals surface area contributed by atoms with Crippen LogP contribution in [-0.2, 0) is 4.79 Å². The molecule has 20 heavy (non-hydrogen) atoms. The summed E-state index contributed by atoms with van der Waals surface area (Å²) in [6.07, 6.45) is 4.25. The predicted octanol–water partition coefficient (Wildman–Crippen LogP) is 2.25. The molecule has 108 valence electrons. The van der Waals surface area contributed by atoms with E-state index in [0.29, 0.717) is 0 Å². The molecule has 0 spiro atoms. The van der Waals surface area contributed by atoms with Gasteiger partial charge in [0.2, 0.25) is 5.91 Å². The summed E-state index contributed by atoms with van der Waals surface area (Å²) in [5, 5.41) is 14.3. The van der Waals surface area contributed by atoms with Gasteiger partial charge in [0.25, 0.3) is 0 Å². The minimum absolute atomic E-state index is 0.170. The Kier molecular flexibility index (Phi) is 5.29. The summed E-state index contributed by atoms with van der Waals surface area (Å²) in [5.74, 6) is 0.0383. The molecule has 1 aromatic rings. The average molecular weight is 294 g/mol. The smallest absolute Gasteiger partial charge is 0.321 e. The standard InChI is InChI=1S/C14H18N2O3S/c17-11-5-7-12(8-6-11)20-9-13(18)16-14(19)15-10-3-1-2-4-10/h5-8,10,17H,1-4,9H2,(H2,15,16,18,19). The van der Waals surface area contributed by atoms with Crippen LogP contribution >= 0.6 is 11.8 Å². The fourth-order valence-electron chi connectivity index (χ4n) is 2.15. The Hall–Kier alpha value is -1.69. The molecule has 2 rings (SSSR count). The molecule has 6 heteroatoms.